The Bertz CT molecular complexity index is 737. The van der Waals surface area contributed by atoms with Crippen molar-refractivity contribution in [2.75, 3.05) is 13.1 Å². The molecule has 0 spiro atoms. The summed E-state index contributed by atoms with van der Waals surface area (Å²) in [4.78, 5) is 8.85. The number of aliphatic imine (C=N–C) groups is 1. The van der Waals surface area contributed by atoms with Gasteiger partial charge in [0.15, 0.2) is 11.8 Å². The fourth-order valence-electron chi connectivity index (χ4n) is 2.14. The lowest BCUT2D eigenvalue weighted by Crippen LogP contribution is -2.41. The van der Waals surface area contributed by atoms with Gasteiger partial charge in [-0.05, 0) is 38.1 Å². The van der Waals surface area contributed by atoms with Crippen LogP contribution in [-0.2, 0) is 12.0 Å². The minimum absolute atomic E-state index is 0.128. The summed E-state index contributed by atoms with van der Waals surface area (Å²) in [5.41, 5.74) is -0.190. The summed E-state index contributed by atoms with van der Waals surface area (Å²) >= 11 is 0. The maximum Gasteiger partial charge on any atom is 0.232 e. The van der Waals surface area contributed by atoms with Crippen molar-refractivity contribution >= 4 is 5.96 Å². The third-order valence-corrected chi connectivity index (χ3v) is 3.54. The molecule has 0 bridgehead atoms. The lowest BCUT2D eigenvalue weighted by Gasteiger charge is -2.17. The number of benzene rings is 1. The Morgan fingerprint density at radius 1 is 1.26 bits per heavy atom. The maximum absolute atomic E-state index is 12.9. The standard InChI is InChI=1S/C19H28FN5O2/c1-6-21-18(23-12-16-24-17(27-25-16)19(3,4)5)22-11-13(2)26-15-9-7-14(20)8-10-15/h7-10,13H,6,11-12H2,1-5H3,(H2,21,22,23). The van der Waals surface area contributed by atoms with Gasteiger partial charge in [0.25, 0.3) is 0 Å². The van der Waals surface area contributed by atoms with Gasteiger partial charge in [-0.15, -0.1) is 0 Å². The second kappa shape index (κ2) is 9.34. The van der Waals surface area contributed by atoms with Gasteiger partial charge in [-0.1, -0.05) is 25.9 Å². The van der Waals surface area contributed by atoms with Crippen molar-refractivity contribution in [1.29, 1.82) is 0 Å². The van der Waals surface area contributed by atoms with E-state index in [0.717, 1.165) is 6.54 Å². The van der Waals surface area contributed by atoms with E-state index >= 15 is 0 Å². The first-order valence-electron chi connectivity index (χ1n) is 9.05. The lowest BCUT2D eigenvalue weighted by atomic mass is 9.97. The van der Waals surface area contributed by atoms with Gasteiger partial charge in [-0.3, -0.25) is 0 Å². The van der Waals surface area contributed by atoms with E-state index in [-0.39, 0.29) is 17.3 Å². The third kappa shape index (κ3) is 6.88. The van der Waals surface area contributed by atoms with Crippen LogP contribution in [0.2, 0.25) is 0 Å². The van der Waals surface area contributed by atoms with Gasteiger partial charge in [0.1, 0.15) is 24.2 Å². The van der Waals surface area contributed by atoms with Gasteiger partial charge in [-0.25, -0.2) is 9.38 Å². The second-order valence-electron chi connectivity index (χ2n) is 7.22. The SMILES string of the molecule is CCNC(=NCc1noc(C(C)(C)C)n1)NCC(C)Oc1ccc(F)cc1. The molecule has 2 rings (SSSR count). The van der Waals surface area contributed by atoms with Crippen molar-refractivity contribution in [2.24, 2.45) is 4.99 Å². The average Bonchev–Trinajstić information content (AvgIpc) is 3.09. The van der Waals surface area contributed by atoms with Crippen LogP contribution >= 0.6 is 0 Å². The molecule has 0 radical (unpaired) electrons. The van der Waals surface area contributed by atoms with E-state index in [9.17, 15) is 4.39 Å². The Morgan fingerprint density at radius 2 is 1.96 bits per heavy atom. The molecule has 0 aliphatic carbocycles. The number of hydrogen-bond donors (Lipinski definition) is 2. The molecular weight excluding hydrogens is 349 g/mol. The second-order valence-corrected chi connectivity index (χ2v) is 7.22. The van der Waals surface area contributed by atoms with E-state index < -0.39 is 0 Å². The van der Waals surface area contributed by atoms with Gasteiger partial charge >= 0.3 is 0 Å². The molecule has 27 heavy (non-hydrogen) atoms. The molecule has 148 valence electrons. The van der Waals surface area contributed by atoms with Crippen LogP contribution in [0.1, 0.15) is 46.3 Å². The summed E-state index contributed by atoms with van der Waals surface area (Å²) < 4.78 is 24.0. The molecule has 1 heterocycles. The van der Waals surface area contributed by atoms with Gasteiger partial charge in [0, 0.05) is 12.0 Å². The van der Waals surface area contributed by atoms with Crippen LogP contribution in [0.25, 0.3) is 0 Å². The van der Waals surface area contributed by atoms with Crippen LogP contribution in [0.3, 0.4) is 0 Å². The number of rotatable bonds is 7. The van der Waals surface area contributed by atoms with Crippen molar-refractivity contribution in [3.8, 4) is 5.75 Å². The van der Waals surface area contributed by atoms with E-state index in [1.165, 1.54) is 12.1 Å². The first-order chi connectivity index (χ1) is 12.8. The monoisotopic (exact) mass is 377 g/mol. The molecule has 0 aliphatic heterocycles. The molecule has 8 heteroatoms. The van der Waals surface area contributed by atoms with E-state index in [0.29, 0.717) is 36.5 Å². The maximum atomic E-state index is 12.9. The highest BCUT2D eigenvalue weighted by atomic mass is 19.1. The van der Waals surface area contributed by atoms with Gasteiger partial charge < -0.3 is 19.9 Å². The van der Waals surface area contributed by atoms with Gasteiger partial charge in [-0.2, -0.15) is 4.98 Å². The zero-order valence-electron chi connectivity index (χ0n) is 16.5. The third-order valence-electron chi connectivity index (χ3n) is 3.54. The predicted octanol–water partition coefficient (Wildman–Crippen LogP) is 3.03. The largest absolute Gasteiger partial charge is 0.489 e. The van der Waals surface area contributed by atoms with Crippen LogP contribution in [0.5, 0.6) is 5.75 Å². The van der Waals surface area contributed by atoms with Crippen molar-refractivity contribution in [1.82, 2.24) is 20.8 Å². The Balaban J connectivity index is 1.89. The molecule has 1 aromatic carbocycles. The van der Waals surface area contributed by atoms with Crippen molar-refractivity contribution in [2.45, 2.75) is 52.7 Å². The van der Waals surface area contributed by atoms with Crippen LogP contribution in [0.15, 0.2) is 33.8 Å². The average molecular weight is 377 g/mol. The number of nitrogens with one attached hydrogen (secondary N) is 2. The summed E-state index contributed by atoms with van der Waals surface area (Å²) in [5, 5.41) is 10.3. The smallest absolute Gasteiger partial charge is 0.232 e. The van der Waals surface area contributed by atoms with Crippen LogP contribution in [0, 0.1) is 5.82 Å². The van der Waals surface area contributed by atoms with Crippen LogP contribution in [0.4, 0.5) is 4.39 Å². The lowest BCUT2D eigenvalue weighted by molar-refractivity contribution is 0.223. The summed E-state index contributed by atoms with van der Waals surface area (Å²) in [6, 6.07) is 5.96. The zero-order chi connectivity index (χ0) is 19.9. The summed E-state index contributed by atoms with van der Waals surface area (Å²) in [5.74, 6) is 2.09. The van der Waals surface area contributed by atoms with Crippen LogP contribution < -0.4 is 15.4 Å². The van der Waals surface area contributed by atoms with E-state index in [1.807, 2.05) is 34.6 Å². The first-order valence-corrected chi connectivity index (χ1v) is 9.05. The number of nitrogens with zero attached hydrogens (tertiary/aromatic N) is 3. The Morgan fingerprint density at radius 3 is 2.56 bits per heavy atom. The van der Waals surface area contributed by atoms with E-state index in [2.05, 4.69) is 25.8 Å². The number of ether oxygens (including phenoxy) is 1. The number of halogens is 1. The topological polar surface area (TPSA) is 84.6 Å². The minimum Gasteiger partial charge on any atom is -0.489 e. The molecule has 1 unspecified atom stereocenters. The first kappa shape index (κ1) is 20.7. The minimum atomic E-state index is -0.286. The van der Waals surface area contributed by atoms with Gasteiger partial charge in [0.2, 0.25) is 5.89 Å². The highest BCUT2D eigenvalue weighted by Crippen LogP contribution is 2.19. The zero-order valence-corrected chi connectivity index (χ0v) is 16.5. The molecule has 2 aromatic rings. The highest BCUT2D eigenvalue weighted by Gasteiger charge is 2.21. The molecule has 0 fully saturated rings. The molecule has 0 saturated heterocycles. The fraction of sp³-hybridized carbons (Fsp3) is 0.526. The summed E-state index contributed by atoms with van der Waals surface area (Å²) in [6.07, 6.45) is -0.128. The molecule has 2 N–H and O–H groups in total. The number of aromatic nitrogens is 2. The quantitative estimate of drug-likeness (QED) is 0.570. The fourth-order valence-corrected chi connectivity index (χ4v) is 2.14. The number of guanidine groups is 1. The molecule has 1 atom stereocenters. The summed E-state index contributed by atoms with van der Waals surface area (Å²) in [7, 11) is 0. The van der Waals surface area contributed by atoms with Crippen molar-refractivity contribution in [3.63, 3.8) is 0 Å². The Labute approximate surface area is 159 Å². The van der Waals surface area contributed by atoms with E-state index in [4.69, 9.17) is 9.26 Å². The Hall–Kier alpha value is -2.64. The normalized spacial score (nSPS) is 13.3. The van der Waals surface area contributed by atoms with Gasteiger partial charge in [0.05, 0.1) is 6.54 Å². The van der Waals surface area contributed by atoms with E-state index in [1.54, 1.807) is 12.1 Å². The van der Waals surface area contributed by atoms with Crippen molar-refractivity contribution in [3.05, 3.63) is 41.8 Å². The molecule has 0 aliphatic rings. The predicted molar refractivity (Wildman–Crippen MR) is 102 cm³/mol. The molecule has 0 amide bonds. The molecule has 7 nitrogen and oxygen atoms in total. The Kier molecular flexibility index (Phi) is 7.15. The van der Waals surface area contributed by atoms with Crippen LogP contribution in [-0.4, -0.2) is 35.3 Å². The molecular formula is C19H28FN5O2. The molecule has 1 aromatic heterocycles. The molecule has 0 saturated carbocycles. The van der Waals surface area contributed by atoms with Crippen molar-refractivity contribution < 1.29 is 13.7 Å². The number of hydrogen-bond acceptors (Lipinski definition) is 5. The highest BCUT2D eigenvalue weighted by molar-refractivity contribution is 5.79. The summed E-state index contributed by atoms with van der Waals surface area (Å²) in [6.45, 7) is 11.5.